The zero-order valence-corrected chi connectivity index (χ0v) is 13.8. The van der Waals surface area contributed by atoms with Crippen LogP contribution in [0.2, 0.25) is 0 Å². The van der Waals surface area contributed by atoms with E-state index >= 15 is 0 Å². The summed E-state index contributed by atoms with van der Waals surface area (Å²) in [7, 11) is 0. The van der Waals surface area contributed by atoms with Crippen LogP contribution in [0.5, 0.6) is 0 Å². The maximum Gasteiger partial charge on any atom is 0.113 e. The molecule has 4 heteroatoms. The van der Waals surface area contributed by atoms with Gasteiger partial charge in [-0.2, -0.15) is 0 Å². The molecule has 0 saturated carbocycles. The predicted molar refractivity (Wildman–Crippen MR) is 79.8 cm³/mol. The molecule has 3 nitrogen and oxygen atoms in total. The van der Waals surface area contributed by atoms with Crippen LogP contribution in [0.3, 0.4) is 0 Å². The number of fused-ring (bicyclic) bond motifs is 1. The summed E-state index contributed by atoms with van der Waals surface area (Å²) in [5, 5.41) is 1.09. The number of rotatable bonds is 4. The first-order chi connectivity index (χ1) is 8.78. The maximum atomic E-state index is 6.05. The molecule has 0 aromatic heterocycles. The Bertz CT molecular complexity index is 300. The normalized spacial score (nSPS) is 36.8. The lowest BCUT2D eigenvalue weighted by Gasteiger charge is -2.26. The average molecular weight is 288 g/mol. The van der Waals surface area contributed by atoms with E-state index in [0.29, 0.717) is 23.0 Å². The minimum absolute atomic E-state index is 0.0879. The highest BCUT2D eigenvalue weighted by Gasteiger charge is 2.49. The van der Waals surface area contributed by atoms with Crippen molar-refractivity contribution in [2.75, 3.05) is 13.2 Å². The third kappa shape index (κ3) is 3.87. The van der Waals surface area contributed by atoms with Crippen molar-refractivity contribution in [3.8, 4) is 0 Å². The van der Waals surface area contributed by atoms with Crippen LogP contribution in [-0.2, 0) is 14.2 Å². The summed E-state index contributed by atoms with van der Waals surface area (Å²) >= 11 is 2.01. The molecule has 2 heterocycles. The van der Waals surface area contributed by atoms with Crippen LogP contribution in [0.1, 0.15) is 41.5 Å². The molecule has 0 aromatic rings. The van der Waals surface area contributed by atoms with E-state index in [1.807, 2.05) is 11.8 Å². The molecule has 2 aliphatic heterocycles. The smallest absolute Gasteiger partial charge is 0.113 e. The SMILES string of the molecule is CC(C)[C@@H](C)SC1COC2C(OC(C)(C)C)COC12. The summed E-state index contributed by atoms with van der Waals surface area (Å²) in [6.45, 7) is 14.5. The fraction of sp³-hybridized carbons (Fsp3) is 1.00. The molecule has 112 valence electrons. The van der Waals surface area contributed by atoms with Crippen LogP contribution in [0.4, 0.5) is 0 Å². The van der Waals surface area contributed by atoms with E-state index in [9.17, 15) is 0 Å². The van der Waals surface area contributed by atoms with E-state index in [0.717, 1.165) is 6.61 Å². The highest BCUT2D eigenvalue weighted by Crippen LogP contribution is 2.38. The second-order valence-corrected chi connectivity index (χ2v) is 8.61. The zero-order chi connectivity index (χ0) is 14.2. The lowest BCUT2D eigenvalue weighted by molar-refractivity contribution is -0.102. The van der Waals surface area contributed by atoms with Crippen LogP contribution in [0.25, 0.3) is 0 Å². The van der Waals surface area contributed by atoms with Crippen LogP contribution >= 0.6 is 11.8 Å². The topological polar surface area (TPSA) is 27.7 Å². The first-order valence-electron chi connectivity index (χ1n) is 7.34. The molecule has 0 N–H and O–H groups in total. The number of hydrogen-bond donors (Lipinski definition) is 0. The summed E-state index contributed by atoms with van der Waals surface area (Å²) in [4.78, 5) is 0. The molecule has 4 unspecified atom stereocenters. The van der Waals surface area contributed by atoms with Gasteiger partial charge in [-0.3, -0.25) is 0 Å². The summed E-state index contributed by atoms with van der Waals surface area (Å²) in [6, 6.07) is 0. The molecule has 2 saturated heterocycles. The van der Waals surface area contributed by atoms with E-state index in [4.69, 9.17) is 14.2 Å². The van der Waals surface area contributed by atoms with Crippen LogP contribution in [0, 0.1) is 5.92 Å². The molecule has 5 atom stereocenters. The van der Waals surface area contributed by atoms with E-state index in [1.165, 1.54) is 0 Å². The summed E-state index contributed by atoms with van der Waals surface area (Å²) < 4.78 is 18.0. The molecule has 0 radical (unpaired) electrons. The second-order valence-electron chi connectivity index (χ2n) is 6.99. The first kappa shape index (κ1) is 15.6. The van der Waals surface area contributed by atoms with Gasteiger partial charge in [0, 0.05) is 5.25 Å². The molecule has 0 spiro atoms. The van der Waals surface area contributed by atoms with Crippen LogP contribution in [-0.4, -0.2) is 47.6 Å². The van der Waals surface area contributed by atoms with Gasteiger partial charge in [0.15, 0.2) is 0 Å². The van der Waals surface area contributed by atoms with Crippen molar-refractivity contribution in [2.45, 2.75) is 76.0 Å². The van der Waals surface area contributed by atoms with Gasteiger partial charge in [0.1, 0.15) is 18.3 Å². The summed E-state index contributed by atoms with van der Waals surface area (Å²) in [5.41, 5.74) is -0.136. The Hall–Kier alpha value is 0.230. The van der Waals surface area contributed by atoms with Crippen molar-refractivity contribution >= 4 is 11.8 Å². The Balaban J connectivity index is 1.91. The van der Waals surface area contributed by atoms with Crippen molar-refractivity contribution in [1.82, 2.24) is 0 Å². The van der Waals surface area contributed by atoms with Gasteiger partial charge >= 0.3 is 0 Å². The Morgan fingerprint density at radius 1 is 1.05 bits per heavy atom. The number of ether oxygens (including phenoxy) is 3. The highest BCUT2D eigenvalue weighted by atomic mass is 32.2. The second kappa shape index (κ2) is 5.92. The van der Waals surface area contributed by atoms with Gasteiger partial charge in [-0.1, -0.05) is 20.8 Å². The van der Waals surface area contributed by atoms with Gasteiger partial charge in [0.2, 0.25) is 0 Å². The monoisotopic (exact) mass is 288 g/mol. The van der Waals surface area contributed by atoms with E-state index < -0.39 is 0 Å². The fourth-order valence-corrected chi connectivity index (χ4v) is 3.94. The maximum absolute atomic E-state index is 6.05. The summed E-state index contributed by atoms with van der Waals surface area (Å²) in [6.07, 6.45) is 0.416. The lowest BCUT2D eigenvalue weighted by atomic mass is 10.1. The minimum Gasteiger partial charge on any atom is -0.371 e. The Morgan fingerprint density at radius 2 is 1.68 bits per heavy atom. The summed E-state index contributed by atoms with van der Waals surface area (Å²) in [5.74, 6) is 0.687. The van der Waals surface area contributed by atoms with E-state index in [2.05, 4.69) is 41.5 Å². The molecule has 19 heavy (non-hydrogen) atoms. The van der Waals surface area contributed by atoms with Gasteiger partial charge in [-0.15, -0.1) is 11.8 Å². The minimum atomic E-state index is -0.136. The van der Waals surface area contributed by atoms with E-state index in [-0.39, 0.29) is 23.9 Å². The van der Waals surface area contributed by atoms with Crippen molar-refractivity contribution in [2.24, 2.45) is 5.92 Å². The van der Waals surface area contributed by atoms with Gasteiger partial charge in [0.25, 0.3) is 0 Å². The zero-order valence-electron chi connectivity index (χ0n) is 13.0. The molecule has 2 rings (SSSR count). The predicted octanol–water partition coefficient (Wildman–Crippen LogP) is 3.11. The van der Waals surface area contributed by atoms with Crippen molar-refractivity contribution < 1.29 is 14.2 Å². The lowest BCUT2D eigenvalue weighted by Crippen LogP contribution is -2.37. The third-order valence-electron chi connectivity index (χ3n) is 3.80. The van der Waals surface area contributed by atoms with Gasteiger partial charge < -0.3 is 14.2 Å². The van der Waals surface area contributed by atoms with Crippen molar-refractivity contribution in [3.05, 3.63) is 0 Å². The van der Waals surface area contributed by atoms with Gasteiger partial charge in [-0.05, 0) is 26.7 Å². The molecule has 0 amide bonds. The number of hydrogen-bond acceptors (Lipinski definition) is 4. The van der Waals surface area contributed by atoms with E-state index in [1.54, 1.807) is 0 Å². The quantitative estimate of drug-likeness (QED) is 0.794. The average Bonchev–Trinajstić information content (AvgIpc) is 2.81. The van der Waals surface area contributed by atoms with Gasteiger partial charge in [0.05, 0.1) is 24.1 Å². The largest absolute Gasteiger partial charge is 0.371 e. The molecule has 2 fully saturated rings. The Morgan fingerprint density at radius 3 is 2.26 bits per heavy atom. The molecule has 2 aliphatic rings. The molecular weight excluding hydrogens is 260 g/mol. The Labute approximate surface area is 121 Å². The van der Waals surface area contributed by atoms with Crippen LogP contribution < -0.4 is 0 Å². The first-order valence-corrected chi connectivity index (χ1v) is 8.28. The van der Waals surface area contributed by atoms with Gasteiger partial charge in [-0.25, -0.2) is 0 Å². The number of thioether (sulfide) groups is 1. The third-order valence-corrected chi connectivity index (χ3v) is 5.52. The Kier molecular flexibility index (Phi) is 4.87. The molecular formula is C15H28O3S. The highest BCUT2D eigenvalue weighted by molar-refractivity contribution is 8.00. The molecule has 0 bridgehead atoms. The molecule has 0 aliphatic carbocycles. The van der Waals surface area contributed by atoms with Crippen molar-refractivity contribution in [1.29, 1.82) is 0 Å². The fourth-order valence-electron chi connectivity index (χ4n) is 2.53. The molecule has 0 aromatic carbocycles. The standard InChI is InChI=1S/C15H28O3S/c1-9(2)10(3)19-12-8-17-13-11(7-16-14(12)13)18-15(4,5)6/h9-14H,7-8H2,1-6H3/t10-,11?,12?,13?,14?/m1/s1. The van der Waals surface area contributed by atoms with Crippen LogP contribution in [0.15, 0.2) is 0 Å². The van der Waals surface area contributed by atoms with Crippen molar-refractivity contribution in [3.63, 3.8) is 0 Å².